The van der Waals surface area contributed by atoms with E-state index in [1.807, 2.05) is 30.7 Å². The molecule has 0 amide bonds. The summed E-state index contributed by atoms with van der Waals surface area (Å²) in [6, 6.07) is 8.40. The van der Waals surface area contributed by atoms with Gasteiger partial charge in [-0.15, -0.1) is 0 Å². The second kappa shape index (κ2) is 7.79. The molecule has 9 heteroatoms. The van der Waals surface area contributed by atoms with Gasteiger partial charge >= 0.3 is 0 Å². The van der Waals surface area contributed by atoms with E-state index in [1.54, 1.807) is 17.5 Å². The molecule has 0 aliphatic heterocycles. The summed E-state index contributed by atoms with van der Waals surface area (Å²) in [7, 11) is 0. The van der Waals surface area contributed by atoms with E-state index in [0.717, 1.165) is 50.1 Å². The summed E-state index contributed by atoms with van der Waals surface area (Å²) < 4.78 is 0. The lowest BCUT2D eigenvalue weighted by Crippen LogP contribution is -2.09. The summed E-state index contributed by atoms with van der Waals surface area (Å²) in [6.07, 6.45) is 7.27. The van der Waals surface area contributed by atoms with Gasteiger partial charge in [0.15, 0.2) is 11.5 Å². The van der Waals surface area contributed by atoms with Crippen molar-refractivity contribution in [3.8, 4) is 33.9 Å². The first kappa shape index (κ1) is 19.6. The van der Waals surface area contributed by atoms with Crippen LogP contribution in [0, 0.1) is 0 Å². The first-order valence-corrected chi connectivity index (χ1v) is 11.5. The van der Waals surface area contributed by atoms with E-state index < -0.39 is 0 Å². The van der Waals surface area contributed by atoms with E-state index in [4.69, 9.17) is 9.97 Å². The molecule has 162 valence electrons. The van der Waals surface area contributed by atoms with Gasteiger partial charge in [0.2, 0.25) is 0 Å². The van der Waals surface area contributed by atoms with E-state index in [0.29, 0.717) is 17.6 Å². The minimum Gasteiger partial charge on any atom is -0.382 e. The highest BCUT2D eigenvalue weighted by Crippen LogP contribution is 2.32. The highest BCUT2D eigenvalue weighted by molar-refractivity contribution is 7.08. The number of fused-ring (bicyclic) bond motifs is 2. The van der Waals surface area contributed by atoms with Crippen molar-refractivity contribution in [3.05, 3.63) is 59.8 Å². The number of aromatic nitrogens is 7. The molecule has 8 nitrogen and oxygen atoms in total. The molecule has 0 saturated carbocycles. The van der Waals surface area contributed by atoms with Crippen LogP contribution in [0.4, 0.5) is 5.69 Å². The maximum atomic E-state index is 4.91. The Morgan fingerprint density at radius 3 is 2.67 bits per heavy atom. The third-order valence-electron chi connectivity index (χ3n) is 5.35. The third kappa shape index (κ3) is 3.52. The van der Waals surface area contributed by atoms with Crippen LogP contribution in [-0.2, 0) is 0 Å². The van der Waals surface area contributed by atoms with Gasteiger partial charge in [-0.1, -0.05) is 0 Å². The molecule has 6 rings (SSSR count). The molecule has 33 heavy (non-hydrogen) atoms. The summed E-state index contributed by atoms with van der Waals surface area (Å²) in [6.45, 7) is 4.20. The van der Waals surface area contributed by atoms with Crippen LogP contribution in [0.5, 0.6) is 0 Å². The Labute approximate surface area is 193 Å². The highest BCUT2D eigenvalue weighted by Gasteiger charge is 2.17. The fourth-order valence-electron chi connectivity index (χ4n) is 3.89. The van der Waals surface area contributed by atoms with E-state index in [-0.39, 0.29) is 0 Å². The van der Waals surface area contributed by atoms with Crippen molar-refractivity contribution in [1.82, 2.24) is 35.1 Å². The van der Waals surface area contributed by atoms with Gasteiger partial charge in [-0.25, -0.2) is 9.97 Å². The Hall–Kier alpha value is -4.11. The molecule has 6 heterocycles. The van der Waals surface area contributed by atoms with Gasteiger partial charge in [-0.3, -0.25) is 15.1 Å². The van der Waals surface area contributed by atoms with Crippen molar-refractivity contribution in [2.24, 2.45) is 0 Å². The lowest BCUT2D eigenvalue weighted by Gasteiger charge is -2.10. The number of nitrogens with one attached hydrogen (secondary N) is 3. The number of aromatic amines is 2. The maximum absolute atomic E-state index is 4.91. The fraction of sp³-hybridized carbons (Fsp3) is 0.125. The van der Waals surface area contributed by atoms with Crippen LogP contribution >= 0.6 is 11.3 Å². The Bertz CT molecular complexity index is 1580. The number of nitrogens with zero attached hydrogens (tertiary/aromatic N) is 5. The van der Waals surface area contributed by atoms with Crippen molar-refractivity contribution < 1.29 is 0 Å². The molecule has 0 aromatic carbocycles. The molecule has 3 N–H and O–H groups in total. The molecule has 0 aliphatic carbocycles. The molecule has 0 saturated heterocycles. The predicted octanol–water partition coefficient (Wildman–Crippen LogP) is 5.51. The van der Waals surface area contributed by atoms with Gasteiger partial charge in [-0.05, 0) is 54.4 Å². The van der Waals surface area contributed by atoms with Crippen molar-refractivity contribution in [1.29, 1.82) is 0 Å². The summed E-state index contributed by atoms with van der Waals surface area (Å²) in [5, 5.41) is 15.1. The van der Waals surface area contributed by atoms with Crippen LogP contribution in [0.1, 0.15) is 13.8 Å². The lowest BCUT2D eigenvalue weighted by atomic mass is 10.1. The molecular weight excluding hydrogens is 432 g/mol. The van der Waals surface area contributed by atoms with Crippen LogP contribution < -0.4 is 5.32 Å². The Balaban J connectivity index is 1.45. The fourth-order valence-corrected chi connectivity index (χ4v) is 4.55. The van der Waals surface area contributed by atoms with Gasteiger partial charge in [0, 0.05) is 35.8 Å². The Kier molecular flexibility index (Phi) is 4.62. The zero-order chi connectivity index (χ0) is 22.4. The van der Waals surface area contributed by atoms with Crippen LogP contribution in [0.2, 0.25) is 0 Å². The lowest BCUT2D eigenvalue weighted by molar-refractivity contribution is 0.898. The number of rotatable bonds is 5. The van der Waals surface area contributed by atoms with Crippen molar-refractivity contribution in [2.45, 2.75) is 19.9 Å². The summed E-state index contributed by atoms with van der Waals surface area (Å²) in [5.41, 5.74) is 8.79. The predicted molar refractivity (Wildman–Crippen MR) is 132 cm³/mol. The SMILES string of the molecule is CC(C)Nc1cncc(-c2ccc3[nH]nc(-c4nc5c(-c6ccsc6)cncc5[nH]4)c3n2)c1. The van der Waals surface area contributed by atoms with E-state index in [2.05, 4.69) is 67.2 Å². The van der Waals surface area contributed by atoms with Crippen LogP contribution in [0.3, 0.4) is 0 Å². The standard InChI is InChI=1S/C24H20N8S/c1-13(2)27-16-7-15(8-25-9-16)18-3-4-19-22(28-18)23(32-31-19)24-29-20-11-26-10-17(21(20)30-24)14-5-6-33-12-14/h3-13,27H,1-2H3,(H,29,30)(H,31,32). The smallest absolute Gasteiger partial charge is 0.161 e. The molecule has 0 radical (unpaired) electrons. The monoisotopic (exact) mass is 452 g/mol. The average molecular weight is 453 g/mol. The zero-order valence-electron chi connectivity index (χ0n) is 18.0. The van der Waals surface area contributed by atoms with Gasteiger partial charge in [-0.2, -0.15) is 16.4 Å². The zero-order valence-corrected chi connectivity index (χ0v) is 18.8. The van der Waals surface area contributed by atoms with Crippen LogP contribution in [-0.4, -0.2) is 41.2 Å². The second-order valence-electron chi connectivity index (χ2n) is 8.11. The number of anilines is 1. The first-order chi connectivity index (χ1) is 16.2. The van der Waals surface area contributed by atoms with Crippen LogP contribution in [0.25, 0.3) is 56.0 Å². The molecule has 0 unspecified atom stereocenters. The molecule has 0 aliphatic rings. The van der Waals surface area contributed by atoms with Crippen molar-refractivity contribution >= 4 is 39.1 Å². The normalized spacial score (nSPS) is 11.6. The molecule has 0 atom stereocenters. The molecule has 6 aromatic rings. The number of thiophene rings is 1. The number of pyridine rings is 3. The molecule has 0 fully saturated rings. The topological polar surface area (TPSA) is 108 Å². The largest absolute Gasteiger partial charge is 0.382 e. The number of hydrogen-bond donors (Lipinski definition) is 3. The van der Waals surface area contributed by atoms with Crippen LogP contribution in [0.15, 0.2) is 59.8 Å². The summed E-state index contributed by atoms with van der Waals surface area (Å²) in [5.74, 6) is 0.652. The Morgan fingerprint density at radius 2 is 1.82 bits per heavy atom. The molecular formula is C24H20N8S. The maximum Gasteiger partial charge on any atom is 0.161 e. The van der Waals surface area contributed by atoms with Gasteiger partial charge in [0.25, 0.3) is 0 Å². The van der Waals surface area contributed by atoms with E-state index >= 15 is 0 Å². The molecule has 0 bridgehead atoms. The quantitative estimate of drug-likeness (QED) is 0.318. The highest BCUT2D eigenvalue weighted by atomic mass is 32.1. The molecule has 6 aromatic heterocycles. The Morgan fingerprint density at radius 1 is 0.909 bits per heavy atom. The summed E-state index contributed by atoms with van der Waals surface area (Å²) in [4.78, 5) is 21.9. The minimum atomic E-state index is 0.319. The van der Waals surface area contributed by atoms with Crippen molar-refractivity contribution in [3.63, 3.8) is 0 Å². The number of imidazole rings is 1. The minimum absolute atomic E-state index is 0.319. The third-order valence-corrected chi connectivity index (χ3v) is 6.03. The van der Waals surface area contributed by atoms with Gasteiger partial charge < -0.3 is 10.3 Å². The number of H-pyrrole nitrogens is 2. The van der Waals surface area contributed by atoms with Crippen molar-refractivity contribution in [2.75, 3.05) is 5.32 Å². The van der Waals surface area contributed by atoms with E-state index in [9.17, 15) is 0 Å². The van der Waals surface area contributed by atoms with Gasteiger partial charge in [0.05, 0.1) is 28.6 Å². The number of hydrogen-bond acceptors (Lipinski definition) is 7. The first-order valence-electron chi connectivity index (χ1n) is 10.6. The molecule has 0 spiro atoms. The summed E-state index contributed by atoms with van der Waals surface area (Å²) >= 11 is 1.65. The van der Waals surface area contributed by atoms with E-state index in [1.165, 1.54) is 0 Å². The second-order valence-corrected chi connectivity index (χ2v) is 8.89. The average Bonchev–Trinajstić information content (AvgIpc) is 3.57. The van der Waals surface area contributed by atoms with Gasteiger partial charge in [0.1, 0.15) is 11.0 Å².